The summed E-state index contributed by atoms with van der Waals surface area (Å²) in [6.07, 6.45) is 2.62. The first-order valence-corrected chi connectivity index (χ1v) is 6.70. The maximum atomic E-state index is 11.4. The molecule has 17 heavy (non-hydrogen) atoms. The maximum Gasteiger partial charge on any atom is 0.247 e. The van der Waals surface area contributed by atoms with Crippen molar-refractivity contribution in [2.75, 3.05) is 6.26 Å². The van der Waals surface area contributed by atoms with Crippen LogP contribution < -0.4 is 5.56 Å². The highest BCUT2D eigenvalue weighted by Gasteiger charge is 2.15. The molecule has 0 aromatic carbocycles. The Labute approximate surface area is 97.8 Å². The number of hydrogen-bond acceptors (Lipinski definition) is 4. The van der Waals surface area contributed by atoms with Crippen LogP contribution in [0.1, 0.15) is 0 Å². The van der Waals surface area contributed by atoms with Crippen LogP contribution in [-0.2, 0) is 16.9 Å². The van der Waals surface area contributed by atoms with Gasteiger partial charge in [0, 0.05) is 37.2 Å². The van der Waals surface area contributed by atoms with Crippen LogP contribution in [0.4, 0.5) is 0 Å². The standard InChI is InChI=1S/C10H11N3O3S/c1-13-10(17(2,15)16)5-8(12-13)7-3-4-9(14)11-6-7/h3-6H,1-2H3,(H,11,14). The lowest BCUT2D eigenvalue weighted by molar-refractivity contribution is 0.583. The molecule has 2 aromatic heterocycles. The predicted octanol–water partition coefficient (Wildman–Crippen LogP) is 0.179. The summed E-state index contributed by atoms with van der Waals surface area (Å²) in [5.41, 5.74) is 0.951. The lowest BCUT2D eigenvalue weighted by Crippen LogP contribution is -2.04. The monoisotopic (exact) mass is 253 g/mol. The zero-order chi connectivity index (χ0) is 12.6. The van der Waals surface area contributed by atoms with Gasteiger partial charge in [-0.3, -0.25) is 9.48 Å². The van der Waals surface area contributed by atoms with Crippen LogP contribution in [0.5, 0.6) is 0 Å². The van der Waals surface area contributed by atoms with Gasteiger partial charge in [-0.25, -0.2) is 8.42 Å². The summed E-state index contributed by atoms with van der Waals surface area (Å²) in [5.74, 6) is 0. The van der Waals surface area contributed by atoms with E-state index in [1.807, 2.05) is 0 Å². The van der Waals surface area contributed by atoms with Crippen molar-refractivity contribution >= 4 is 9.84 Å². The molecule has 0 aliphatic carbocycles. The van der Waals surface area contributed by atoms with Gasteiger partial charge in [-0.1, -0.05) is 0 Å². The predicted molar refractivity (Wildman–Crippen MR) is 62.4 cm³/mol. The largest absolute Gasteiger partial charge is 0.328 e. The first-order chi connectivity index (χ1) is 7.88. The summed E-state index contributed by atoms with van der Waals surface area (Å²) >= 11 is 0. The van der Waals surface area contributed by atoms with Crippen molar-refractivity contribution in [1.29, 1.82) is 0 Å². The molecule has 0 atom stereocenters. The van der Waals surface area contributed by atoms with Gasteiger partial charge in [0.25, 0.3) is 0 Å². The van der Waals surface area contributed by atoms with Crippen molar-refractivity contribution in [3.05, 3.63) is 34.7 Å². The summed E-state index contributed by atoms with van der Waals surface area (Å²) in [4.78, 5) is 13.4. The third-order valence-electron chi connectivity index (χ3n) is 2.30. The molecule has 0 aliphatic heterocycles. The Morgan fingerprint density at radius 2 is 2.06 bits per heavy atom. The smallest absolute Gasteiger partial charge is 0.247 e. The number of aromatic amines is 1. The molecule has 0 saturated carbocycles. The summed E-state index contributed by atoms with van der Waals surface area (Å²) < 4.78 is 24.2. The minimum atomic E-state index is -3.30. The highest BCUT2D eigenvalue weighted by atomic mass is 32.2. The Morgan fingerprint density at radius 3 is 2.53 bits per heavy atom. The van der Waals surface area contributed by atoms with Gasteiger partial charge in [-0.05, 0) is 6.07 Å². The Kier molecular flexibility index (Phi) is 2.62. The van der Waals surface area contributed by atoms with Crippen molar-refractivity contribution in [3.63, 3.8) is 0 Å². The average Bonchev–Trinajstić information content (AvgIpc) is 2.61. The second kappa shape index (κ2) is 3.85. The number of aryl methyl sites for hydroxylation is 1. The summed E-state index contributed by atoms with van der Waals surface area (Å²) in [6, 6.07) is 4.43. The van der Waals surface area contributed by atoms with Crippen LogP contribution in [0.15, 0.2) is 34.2 Å². The van der Waals surface area contributed by atoms with E-state index in [-0.39, 0.29) is 10.6 Å². The third kappa shape index (κ3) is 2.28. The minimum Gasteiger partial charge on any atom is -0.328 e. The molecule has 2 rings (SSSR count). The zero-order valence-electron chi connectivity index (χ0n) is 9.34. The molecular formula is C10H11N3O3S. The molecule has 0 bridgehead atoms. The number of nitrogens with zero attached hydrogens (tertiary/aromatic N) is 2. The highest BCUT2D eigenvalue weighted by Crippen LogP contribution is 2.19. The molecule has 1 N–H and O–H groups in total. The van der Waals surface area contributed by atoms with E-state index < -0.39 is 9.84 Å². The minimum absolute atomic E-state index is 0.138. The van der Waals surface area contributed by atoms with Gasteiger partial charge >= 0.3 is 0 Å². The van der Waals surface area contributed by atoms with Gasteiger partial charge in [0.2, 0.25) is 5.56 Å². The Balaban J connectivity index is 2.56. The van der Waals surface area contributed by atoms with Gasteiger partial charge < -0.3 is 4.98 Å². The fraction of sp³-hybridized carbons (Fsp3) is 0.200. The molecule has 2 heterocycles. The van der Waals surface area contributed by atoms with Crippen LogP contribution in [0.2, 0.25) is 0 Å². The number of aromatic nitrogens is 3. The first-order valence-electron chi connectivity index (χ1n) is 4.81. The average molecular weight is 253 g/mol. The number of nitrogens with one attached hydrogen (secondary N) is 1. The highest BCUT2D eigenvalue weighted by molar-refractivity contribution is 7.90. The Hall–Kier alpha value is -1.89. The quantitative estimate of drug-likeness (QED) is 0.827. The summed E-state index contributed by atoms with van der Waals surface area (Å²) in [7, 11) is -1.74. The van der Waals surface area contributed by atoms with Crippen LogP contribution in [0.25, 0.3) is 11.3 Å². The molecule has 0 unspecified atom stereocenters. The van der Waals surface area contributed by atoms with Gasteiger partial charge in [-0.15, -0.1) is 0 Å². The molecule has 0 fully saturated rings. The maximum absolute atomic E-state index is 11.4. The Morgan fingerprint density at radius 1 is 1.35 bits per heavy atom. The van der Waals surface area contributed by atoms with E-state index in [1.54, 1.807) is 13.1 Å². The topological polar surface area (TPSA) is 84.8 Å². The molecule has 0 spiro atoms. The van der Waals surface area contributed by atoms with Crippen molar-refractivity contribution in [3.8, 4) is 11.3 Å². The number of H-pyrrole nitrogens is 1. The van der Waals surface area contributed by atoms with Gasteiger partial charge in [-0.2, -0.15) is 5.10 Å². The fourth-order valence-corrected chi connectivity index (χ4v) is 2.35. The van der Waals surface area contributed by atoms with Gasteiger partial charge in [0.15, 0.2) is 14.9 Å². The summed E-state index contributed by atoms with van der Waals surface area (Å²) in [5, 5.41) is 4.23. The van der Waals surface area contributed by atoms with E-state index in [2.05, 4.69) is 10.1 Å². The van der Waals surface area contributed by atoms with E-state index in [4.69, 9.17) is 0 Å². The second-order valence-electron chi connectivity index (χ2n) is 3.71. The van der Waals surface area contributed by atoms with Crippen LogP contribution in [0.3, 0.4) is 0 Å². The van der Waals surface area contributed by atoms with E-state index in [1.165, 1.54) is 23.0 Å². The van der Waals surface area contributed by atoms with Crippen molar-refractivity contribution in [1.82, 2.24) is 14.8 Å². The van der Waals surface area contributed by atoms with E-state index in [0.717, 1.165) is 6.26 Å². The first kappa shape index (κ1) is 11.6. The fourth-order valence-electron chi connectivity index (χ4n) is 1.51. The molecule has 0 radical (unpaired) electrons. The normalized spacial score (nSPS) is 11.6. The second-order valence-corrected chi connectivity index (χ2v) is 5.67. The molecule has 2 aromatic rings. The van der Waals surface area contributed by atoms with Crippen molar-refractivity contribution in [2.24, 2.45) is 7.05 Å². The SMILES string of the molecule is Cn1nc(-c2ccc(=O)[nH]c2)cc1S(C)(=O)=O. The molecular weight excluding hydrogens is 242 g/mol. The molecule has 7 heteroatoms. The molecule has 0 saturated heterocycles. The van der Waals surface area contributed by atoms with E-state index >= 15 is 0 Å². The Bertz CT molecular complexity index is 692. The van der Waals surface area contributed by atoms with E-state index in [0.29, 0.717) is 11.3 Å². The number of hydrogen-bond donors (Lipinski definition) is 1. The number of pyridine rings is 1. The number of sulfone groups is 1. The van der Waals surface area contributed by atoms with Crippen LogP contribution in [0, 0.1) is 0 Å². The van der Waals surface area contributed by atoms with Gasteiger partial charge in [0.05, 0.1) is 5.69 Å². The van der Waals surface area contributed by atoms with Gasteiger partial charge in [0.1, 0.15) is 0 Å². The summed E-state index contributed by atoms with van der Waals surface area (Å²) in [6.45, 7) is 0. The molecule has 6 nitrogen and oxygen atoms in total. The van der Waals surface area contributed by atoms with Crippen molar-refractivity contribution in [2.45, 2.75) is 5.03 Å². The van der Waals surface area contributed by atoms with Crippen LogP contribution in [-0.4, -0.2) is 29.4 Å². The lowest BCUT2D eigenvalue weighted by Gasteiger charge is -1.95. The third-order valence-corrected chi connectivity index (χ3v) is 3.44. The van der Waals surface area contributed by atoms with Crippen LogP contribution >= 0.6 is 0 Å². The van der Waals surface area contributed by atoms with Crippen molar-refractivity contribution < 1.29 is 8.42 Å². The molecule has 0 aliphatic rings. The van der Waals surface area contributed by atoms with E-state index in [9.17, 15) is 13.2 Å². The lowest BCUT2D eigenvalue weighted by atomic mass is 10.2. The molecule has 0 amide bonds. The number of rotatable bonds is 2. The molecule has 90 valence electrons. The zero-order valence-corrected chi connectivity index (χ0v) is 10.2.